The predicted octanol–water partition coefficient (Wildman–Crippen LogP) is 1.87. The number of hydrazone groups is 1. The normalized spacial score (nSPS) is 21.3. The number of rotatable bonds is 4. The van der Waals surface area contributed by atoms with Gasteiger partial charge in [-0.1, -0.05) is 31.5 Å². The average molecular weight is 259 g/mol. The number of benzene rings is 1. The van der Waals surface area contributed by atoms with Gasteiger partial charge in [0.1, 0.15) is 5.71 Å². The maximum atomic E-state index is 12.0. The lowest BCUT2D eigenvalue weighted by molar-refractivity contribution is -0.137. The Morgan fingerprint density at radius 3 is 2.58 bits per heavy atom. The molecule has 1 saturated heterocycles. The highest BCUT2D eigenvalue weighted by molar-refractivity contribution is 6.50. The van der Waals surface area contributed by atoms with Crippen LogP contribution >= 0.6 is 0 Å². The standard InChI is InChI=1S/C14H17N3O2/c1-3-7-11-12(14(19)17(2)13(11)18)16-15-10-8-5-4-6-9-10/h4-6,8-9,11,15H,3,7H2,1-2H3/b16-12-/t11-/m1/s1. The molecule has 0 aromatic heterocycles. The number of likely N-dealkylation sites (tertiary alicyclic amines) is 1. The monoisotopic (exact) mass is 259 g/mol. The van der Waals surface area contributed by atoms with Crippen molar-refractivity contribution >= 4 is 23.2 Å². The predicted molar refractivity (Wildman–Crippen MR) is 73.7 cm³/mol. The van der Waals surface area contributed by atoms with Gasteiger partial charge in [0.25, 0.3) is 5.91 Å². The Hall–Kier alpha value is -2.17. The number of carbonyl (C=O) groups is 2. The molecule has 1 aromatic carbocycles. The lowest BCUT2D eigenvalue weighted by Crippen LogP contribution is -2.26. The van der Waals surface area contributed by atoms with Crippen LogP contribution in [0.5, 0.6) is 0 Å². The first-order chi connectivity index (χ1) is 9.15. The van der Waals surface area contributed by atoms with Gasteiger partial charge in [-0.3, -0.25) is 19.9 Å². The van der Waals surface area contributed by atoms with Crippen molar-refractivity contribution in [2.75, 3.05) is 12.5 Å². The molecule has 19 heavy (non-hydrogen) atoms. The first-order valence-corrected chi connectivity index (χ1v) is 6.35. The molecule has 2 rings (SSSR count). The molecule has 0 aliphatic carbocycles. The Morgan fingerprint density at radius 2 is 1.95 bits per heavy atom. The Labute approximate surface area is 112 Å². The van der Waals surface area contributed by atoms with Crippen molar-refractivity contribution in [2.45, 2.75) is 19.8 Å². The van der Waals surface area contributed by atoms with E-state index in [4.69, 9.17) is 0 Å². The van der Waals surface area contributed by atoms with E-state index in [-0.39, 0.29) is 11.8 Å². The zero-order chi connectivity index (χ0) is 13.8. The average Bonchev–Trinajstić information content (AvgIpc) is 2.63. The largest absolute Gasteiger partial charge is 0.280 e. The van der Waals surface area contributed by atoms with Gasteiger partial charge in [-0.25, -0.2) is 0 Å². The number of hydrogen-bond acceptors (Lipinski definition) is 4. The van der Waals surface area contributed by atoms with Gasteiger partial charge in [-0.05, 0) is 18.6 Å². The van der Waals surface area contributed by atoms with Crippen LogP contribution in [0.2, 0.25) is 0 Å². The van der Waals surface area contributed by atoms with Crippen LogP contribution in [0.3, 0.4) is 0 Å². The summed E-state index contributed by atoms with van der Waals surface area (Å²) in [6, 6.07) is 9.35. The minimum atomic E-state index is -0.418. The first-order valence-electron chi connectivity index (χ1n) is 6.35. The Balaban J connectivity index is 2.20. The van der Waals surface area contributed by atoms with E-state index in [1.165, 1.54) is 7.05 Å². The summed E-state index contributed by atoms with van der Waals surface area (Å²) in [5, 5.41) is 4.13. The maximum absolute atomic E-state index is 12.0. The summed E-state index contributed by atoms with van der Waals surface area (Å²) in [5.74, 6) is -0.897. The van der Waals surface area contributed by atoms with E-state index in [2.05, 4.69) is 10.5 Å². The van der Waals surface area contributed by atoms with Crippen molar-refractivity contribution in [1.29, 1.82) is 0 Å². The van der Waals surface area contributed by atoms with Crippen molar-refractivity contribution in [2.24, 2.45) is 11.0 Å². The molecular formula is C14H17N3O2. The van der Waals surface area contributed by atoms with Gasteiger partial charge < -0.3 is 0 Å². The maximum Gasteiger partial charge on any atom is 0.277 e. The molecule has 100 valence electrons. The van der Waals surface area contributed by atoms with Gasteiger partial charge >= 0.3 is 0 Å². The molecule has 0 radical (unpaired) electrons. The number of nitrogens with one attached hydrogen (secondary N) is 1. The fourth-order valence-electron chi connectivity index (χ4n) is 2.08. The Kier molecular flexibility index (Phi) is 3.94. The van der Waals surface area contributed by atoms with Crippen LogP contribution < -0.4 is 5.43 Å². The fraction of sp³-hybridized carbons (Fsp3) is 0.357. The smallest absolute Gasteiger partial charge is 0.277 e. The number of anilines is 1. The van der Waals surface area contributed by atoms with E-state index < -0.39 is 5.92 Å². The van der Waals surface area contributed by atoms with Gasteiger partial charge in [0, 0.05) is 7.05 Å². The molecule has 2 amide bonds. The summed E-state index contributed by atoms with van der Waals surface area (Å²) in [5.41, 5.74) is 3.93. The molecule has 0 saturated carbocycles. The van der Waals surface area contributed by atoms with Crippen LogP contribution in [0.15, 0.2) is 35.4 Å². The second kappa shape index (κ2) is 5.65. The summed E-state index contributed by atoms with van der Waals surface area (Å²) in [6.45, 7) is 1.98. The SMILES string of the molecule is CCC[C@H]1C(=O)N(C)C(=O)/C1=N\Nc1ccccc1. The molecular weight excluding hydrogens is 242 g/mol. The highest BCUT2D eigenvalue weighted by Crippen LogP contribution is 2.21. The van der Waals surface area contributed by atoms with Crippen LogP contribution in [0.25, 0.3) is 0 Å². The van der Waals surface area contributed by atoms with Gasteiger partial charge in [0.2, 0.25) is 5.91 Å². The van der Waals surface area contributed by atoms with Crippen molar-refractivity contribution in [3.05, 3.63) is 30.3 Å². The summed E-state index contributed by atoms with van der Waals surface area (Å²) < 4.78 is 0. The molecule has 1 fully saturated rings. The van der Waals surface area contributed by atoms with Crippen LogP contribution in [-0.4, -0.2) is 29.5 Å². The molecule has 1 N–H and O–H groups in total. The summed E-state index contributed by atoms with van der Waals surface area (Å²) >= 11 is 0. The molecule has 5 heteroatoms. The Bertz CT molecular complexity index is 511. The van der Waals surface area contributed by atoms with Crippen molar-refractivity contribution in [3.8, 4) is 0 Å². The van der Waals surface area contributed by atoms with E-state index in [0.29, 0.717) is 12.1 Å². The molecule has 0 unspecified atom stereocenters. The highest BCUT2D eigenvalue weighted by Gasteiger charge is 2.42. The molecule has 1 aliphatic rings. The number of imide groups is 1. The lowest BCUT2D eigenvalue weighted by atomic mass is 10.0. The van der Waals surface area contributed by atoms with Crippen molar-refractivity contribution in [1.82, 2.24) is 4.90 Å². The Morgan fingerprint density at radius 1 is 1.26 bits per heavy atom. The summed E-state index contributed by atoms with van der Waals surface area (Å²) in [7, 11) is 1.50. The number of amides is 2. The third-order valence-electron chi connectivity index (χ3n) is 3.14. The lowest BCUT2D eigenvalue weighted by Gasteiger charge is -2.06. The van der Waals surface area contributed by atoms with Crippen molar-refractivity contribution < 1.29 is 9.59 Å². The third kappa shape index (κ3) is 2.65. The van der Waals surface area contributed by atoms with E-state index in [1.807, 2.05) is 37.3 Å². The van der Waals surface area contributed by atoms with Gasteiger partial charge in [0.15, 0.2) is 0 Å². The summed E-state index contributed by atoms with van der Waals surface area (Å²) in [4.78, 5) is 25.0. The van der Waals surface area contributed by atoms with Gasteiger partial charge in [-0.15, -0.1) is 0 Å². The molecule has 1 aromatic rings. The van der Waals surface area contributed by atoms with Crippen LogP contribution in [-0.2, 0) is 9.59 Å². The molecule has 0 bridgehead atoms. The zero-order valence-electron chi connectivity index (χ0n) is 11.1. The first kappa shape index (κ1) is 13.3. The van der Waals surface area contributed by atoms with Crippen LogP contribution in [0, 0.1) is 5.92 Å². The fourth-order valence-corrected chi connectivity index (χ4v) is 2.08. The van der Waals surface area contributed by atoms with E-state index in [1.54, 1.807) is 0 Å². The molecule has 0 spiro atoms. The minimum Gasteiger partial charge on any atom is -0.280 e. The quantitative estimate of drug-likeness (QED) is 0.663. The molecule has 1 heterocycles. The number of hydrogen-bond donors (Lipinski definition) is 1. The van der Waals surface area contributed by atoms with Gasteiger partial charge in [0.05, 0.1) is 11.6 Å². The zero-order valence-corrected chi connectivity index (χ0v) is 11.1. The minimum absolute atomic E-state index is 0.166. The summed E-state index contributed by atoms with van der Waals surface area (Å²) in [6.07, 6.45) is 1.48. The molecule has 1 aliphatic heterocycles. The van der Waals surface area contributed by atoms with Crippen LogP contribution in [0.4, 0.5) is 5.69 Å². The number of carbonyl (C=O) groups excluding carboxylic acids is 2. The van der Waals surface area contributed by atoms with E-state index in [9.17, 15) is 9.59 Å². The van der Waals surface area contributed by atoms with E-state index in [0.717, 1.165) is 17.0 Å². The van der Waals surface area contributed by atoms with Gasteiger partial charge in [-0.2, -0.15) is 5.10 Å². The van der Waals surface area contributed by atoms with Crippen molar-refractivity contribution in [3.63, 3.8) is 0 Å². The second-order valence-electron chi connectivity index (χ2n) is 4.52. The highest BCUT2D eigenvalue weighted by atomic mass is 16.2. The third-order valence-corrected chi connectivity index (χ3v) is 3.14. The molecule has 1 atom stereocenters. The van der Waals surface area contributed by atoms with E-state index >= 15 is 0 Å². The van der Waals surface area contributed by atoms with Crippen LogP contribution in [0.1, 0.15) is 19.8 Å². The number of para-hydroxylation sites is 1. The topological polar surface area (TPSA) is 61.8 Å². The number of nitrogens with zero attached hydrogens (tertiary/aromatic N) is 2. The second-order valence-corrected chi connectivity index (χ2v) is 4.52. The molecule has 5 nitrogen and oxygen atoms in total.